The molecule has 0 aliphatic rings. The molecule has 0 bridgehead atoms. The van der Waals surface area contributed by atoms with E-state index in [-0.39, 0.29) is 5.25 Å². The van der Waals surface area contributed by atoms with Crippen LogP contribution >= 0.6 is 0 Å². The van der Waals surface area contributed by atoms with Crippen LogP contribution in [-0.2, 0) is 10.8 Å². The van der Waals surface area contributed by atoms with E-state index in [0.717, 1.165) is 30.2 Å². The van der Waals surface area contributed by atoms with E-state index in [2.05, 4.69) is 15.3 Å². The number of anilines is 1. The topological polar surface area (TPSA) is 54.9 Å². The first kappa shape index (κ1) is 13.1. The van der Waals surface area contributed by atoms with Crippen molar-refractivity contribution in [2.24, 2.45) is 0 Å². The molecule has 0 amide bonds. The quantitative estimate of drug-likeness (QED) is 0.852. The molecule has 90 valence electrons. The van der Waals surface area contributed by atoms with Crippen LogP contribution in [0, 0.1) is 13.8 Å². The van der Waals surface area contributed by atoms with E-state index in [1.807, 2.05) is 20.8 Å². The number of nitrogens with zero attached hydrogens (tertiary/aromatic N) is 2. The molecule has 5 heteroatoms. The van der Waals surface area contributed by atoms with E-state index in [1.54, 1.807) is 12.5 Å². The highest BCUT2D eigenvalue weighted by molar-refractivity contribution is 7.84. The molecule has 1 aromatic rings. The molecule has 0 saturated heterocycles. The van der Waals surface area contributed by atoms with Crippen LogP contribution in [0.15, 0.2) is 6.20 Å². The van der Waals surface area contributed by atoms with Crippen molar-refractivity contribution >= 4 is 16.6 Å². The van der Waals surface area contributed by atoms with Crippen LogP contribution in [0.5, 0.6) is 0 Å². The third kappa shape index (κ3) is 3.89. The Morgan fingerprint density at radius 1 is 1.44 bits per heavy atom. The van der Waals surface area contributed by atoms with E-state index in [4.69, 9.17) is 0 Å². The van der Waals surface area contributed by atoms with Crippen molar-refractivity contribution in [3.05, 3.63) is 17.6 Å². The Morgan fingerprint density at radius 3 is 2.69 bits per heavy atom. The summed E-state index contributed by atoms with van der Waals surface area (Å²) in [6, 6.07) is 0. The van der Waals surface area contributed by atoms with E-state index < -0.39 is 10.8 Å². The van der Waals surface area contributed by atoms with Gasteiger partial charge in [0.1, 0.15) is 5.82 Å². The molecule has 0 fully saturated rings. The summed E-state index contributed by atoms with van der Waals surface area (Å²) in [5, 5.41) is 3.41. The molecule has 0 aromatic carbocycles. The zero-order valence-electron chi connectivity index (χ0n) is 10.3. The lowest BCUT2D eigenvalue weighted by Gasteiger charge is -2.10. The lowest BCUT2D eigenvalue weighted by Crippen LogP contribution is -2.15. The predicted molar refractivity (Wildman–Crippen MR) is 68.1 cm³/mol. The van der Waals surface area contributed by atoms with Gasteiger partial charge < -0.3 is 5.32 Å². The first-order valence-electron chi connectivity index (χ1n) is 5.37. The smallest absolute Gasteiger partial charge is 0.144 e. The molecule has 0 aliphatic carbocycles. The normalized spacial score (nSPS) is 14.5. The molecule has 0 spiro atoms. The molecule has 16 heavy (non-hydrogen) atoms. The van der Waals surface area contributed by atoms with Crippen molar-refractivity contribution in [3.63, 3.8) is 0 Å². The van der Waals surface area contributed by atoms with Crippen LogP contribution < -0.4 is 5.32 Å². The molecule has 1 rings (SSSR count). The first-order chi connectivity index (χ1) is 7.50. The maximum atomic E-state index is 11.1. The summed E-state index contributed by atoms with van der Waals surface area (Å²) >= 11 is 0. The molecule has 2 unspecified atom stereocenters. The van der Waals surface area contributed by atoms with Crippen molar-refractivity contribution in [2.45, 2.75) is 32.4 Å². The van der Waals surface area contributed by atoms with Gasteiger partial charge in [0.25, 0.3) is 0 Å². The first-order valence-corrected chi connectivity index (χ1v) is 6.99. The average molecular weight is 241 g/mol. The van der Waals surface area contributed by atoms with Gasteiger partial charge in [0.2, 0.25) is 0 Å². The van der Waals surface area contributed by atoms with Crippen molar-refractivity contribution in [2.75, 3.05) is 18.1 Å². The van der Waals surface area contributed by atoms with Gasteiger partial charge >= 0.3 is 0 Å². The maximum absolute atomic E-state index is 11.1. The van der Waals surface area contributed by atoms with Crippen LogP contribution in [0.25, 0.3) is 0 Å². The second kappa shape index (κ2) is 5.94. The highest BCUT2D eigenvalue weighted by Crippen LogP contribution is 2.06. The molecule has 2 atom stereocenters. The third-order valence-corrected chi connectivity index (χ3v) is 3.98. The predicted octanol–water partition coefficient (Wildman–Crippen LogP) is 1.66. The van der Waals surface area contributed by atoms with Gasteiger partial charge in [0, 0.05) is 28.9 Å². The Hall–Kier alpha value is -0.970. The molecule has 0 radical (unpaired) electrons. The van der Waals surface area contributed by atoms with Crippen molar-refractivity contribution < 1.29 is 4.21 Å². The Morgan fingerprint density at radius 2 is 2.12 bits per heavy atom. The summed E-state index contributed by atoms with van der Waals surface area (Å²) in [6.45, 7) is 6.65. The van der Waals surface area contributed by atoms with Crippen LogP contribution in [-0.4, -0.2) is 32.2 Å². The van der Waals surface area contributed by atoms with Crippen molar-refractivity contribution in [1.82, 2.24) is 9.97 Å². The molecular weight excluding hydrogens is 222 g/mol. The minimum atomic E-state index is -0.752. The fourth-order valence-electron chi connectivity index (χ4n) is 1.20. The molecule has 4 nitrogen and oxygen atoms in total. The Bertz CT molecular complexity index is 381. The number of aromatic nitrogens is 2. The largest absolute Gasteiger partial charge is 0.369 e. The zero-order chi connectivity index (χ0) is 12.1. The highest BCUT2D eigenvalue weighted by Gasteiger charge is 2.05. The molecule has 1 N–H and O–H groups in total. The second-order valence-corrected chi connectivity index (χ2v) is 5.75. The standard InChI is InChI=1S/C11H19N3OS/c1-8(16(4)15)5-6-12-11-7-13-9(2)10(3)14-11/h7-8H,5-6H2,1-4H3,(H,12,14). The van der Waals surface area contributed by atoms with Gasteiger partial charge in [-0.1, -0.05) is 6.92 Å². The van der Waals surface area contributed by atoms with Crippen LogP contribution in [0.2, 0.25) is 0 Å². The zero-order valence-corrected chi connectivity index (χ0v) is 11.1. The Kier molecular flexibility index (Phi) is 4.86. The summed E-state index contributed by atoms with van der Waals surface area (Å²) in [7, 11) is -0.752. The number of aryl methyl sites for hydroxylation is 2. The van der Waals surface area contributed by atoms with E-state index >= 15 is 0 Å². The average Bonchev–Trinajstić information content (AvgIpc) is 2.23. The lowest BCUT2D eigenvalue weighted by atomic mass is 10.3. The van der Waals surface area contributed by atoms with E-state index in [9.17, 15) is 4.21 Å². The summed E-state index contributed by atoms with van der Waals surface area (Å²) in [4.78, 5) is 8.59. The second-order valence-electron chi connectivity index (χ2n) is 3.95. The van der Waals surface area contributed by atoms with Crippen LogP contribution in [0.4, 0.5) is 5.82 Å². The highest BCUT2D eigenvalue weighted by atomic mass is 32.2. The van der Waals surface area contributed by atoms with Gasteiger partial charge in [-0.15, -0.1) is 0 Å². The summed E-state index contributed by atoms with van der Waals surface area (Å²) in [6.07, 6.45) is 4.34. The van der Waals surface area contributed by atoms with Gasteiger partial charge in [-0.25, -0.2) is 4.98 Å². The molecule has 0 saturated carbocycles. The summed E-state index contributed by atoms with van der Waals surface area (Å²) < 4.78 is 11.1. The Balaban J connectivity index is 2.43. The summed E-state index contributed by atoms with van der Waals surface area (Å²) in [5.41, 5.74) is 1.89. The molecule has 0 aliphatic heterocycles. The van der Waals surface area contributed by atoms with Gasteiger partial charge in [-0.2, -0.15) is 0 Å². The molecule has 1 aromatic heterocycles. The van der Waals surface area contributed by atoms with E-state index in [0.29, 0.717) is 0 Å². The number of hydrogen-bond donors (Lipinski definition) is 1. The van der Waals surface area contributed by atoms with Gasteiger partial charge in [-0.3, -0.25) is 9.19 Å². The fourth-order valence-corrected chi connectivity index (χ4v) is 1.65. The van der Waals surface area contributed by atoms with Gasteiger partial charge in [-0.05, 0) is 20.3 Å². The van der Waals surface area contributed by atoms with Crippen LogP contribution in [0.1, 0.15) is 24.7 Å². The van der Waals surface area contributed by atoms with Crippen molar-refractivity contribution in [3.8, 4) is 0 Å². The minimum absolute atomic E-state index is 0.215. The van der Waals surface area contributed by atoms with E-state index in [1.165, 1.54) is 0 Å². The fraction of sp³-hybridized carbons (Fsp3) is 0.636. The lowest BCUT2D eigenvalue weighted by molar-refractivity contribution is 0.672. The van der Waals surface area contributed by atoms with Crippen LogP contribution in [0.3, 0.4) is 0 Å². The van der Waals surface area contributed by atoms with Gasteiger partial charge in [0.15, 0.2) is 0 Å². The minimum Gasteiger partial charge on any atom is -0.369 e. The molecule has 1 heterocycles. The number of rotatable bonds is 5. The summed E-state index contributed by atoms with van der Waals surface area (Å²) in [5.74, 6) is 0.789. The third-order valence-electron chi connectivity index (χ3n) is 2.62. The monoisotopic (exact) mass is 241 g/mol. The number of hydrogen-bond acceptors (Lipinski definition) is 4. The number of nitrogens with one attached hydrogen (secondary N) is 1. The SMILES string of the molecule is Cc1ncc(NCCC(C)S(C)=O)nc1C. The van der Waals surface area contributed by atoms with Gasteiger partial charge in [0.05, 0.1) is 17.6 Å². The molecular formula is C11H19N3OS. The maximum Gasteiger partial charge on any atom is 0.144 e. The van der Waals surface area contributed by atoms with Crippen molar-refractivity contribution in [1.29, 1.82) is 0 Å². The Labute approximate surface area is 99.3 Å².